The van der Waals surface area contributed by atoms with E-state index < -0.39 is 6.10 Å². The molecule has 0 unspecified atom stereocenters. The molecule has 0 aliphatic carbocycles. The average molecular weight is 249 g/mol. The first kappa shape index (κ1) is 22.7. The van der Waals surface area contributed by atoms with Gasteiger partial charge >= 0.3 is 23.9 Å². The van der Waals surface area contributed by atoms with Gasteiger partial charge in [-0.05, 0) is 0 Å². The van der Waals surface area contributed by atoms with Crippen molar-refractivity contribution in [2.45, 2.75) is 6.10 Å². The van der Waals surface area contributed by atoms with Gasteiger partial charge in [0.2, 0.25) is 0 Å². The third-order valence-electron chi connectivity index (χ3n) is 0.421. The Labute approximate surface area is 68.4 Å². The van der Waals surface area contributed by atoms with Gasteiger partial charge in [0.15, 0.2) is 0 Å². The van der Waals surface area contributed by atoms with E-state index in [1.165, 1.54) is 0 Å². The Morgan fingerprint density at radius 1 is 1.00 bits per heavy atom. The van der Waals surface area contributed by atoms with Crippen molar-refractivity contribution in [1.82, 2.24) is 0 Å². The third-order valence-corrected chi connectivity index (χ3v) is 0.421. The molecule has 56 valence electrons. The zero-order valence-corrected chi connectivity index (χ0v) is 7.44. The van der Waals surface area contributed by atoms with Crippen LogP contribution in [0.15, 0.2) is 0 Å². The Balaban J connectivity index is -0.0000000417. The molecule has 0 atom stereocenters. The summed E-state index contributed by atoms with van der Waals surface area (Å²) in [6.07, 6.45) is -0.954. The van der Waals surface area contributed by atoms with Crippen molar-refractivity contribution in [2.75, 3.05) is 13.2 Å². The van der Waals surface area contributed by atoms with E-state index in [2.05, 4.69) is 0 Å². The topological polar surface area (TPSA) is 60.7 Å². The summed E-state index contributed by atoms with van der Waals surface area (Å²) in [6, 6.07) is 0. The molecule has 6 heteroatoms. The molecule has 0 saturated carbocycles. The fraction of sp³-hybridized carbons (Fsp3) is 1.00. The van der Waals surface area contributed by atoms with E-state index in [0.717, 1.165) is 0 Å². The van der Waals surface area contributed by atoms with Crippen molar-refractivity contribution in [3.05, 3.63) is 0 Å². The summed E-state index contributed by atoms with van der Waals surface area (Å²) in [4.78, 5) is 0. The molecule has 0 heterocycles. The maximum atomic E-state index is 8.17. The van der Waals surface area contributed by atoms with Crippen LogP contribution in [-0.2, 0) is 0 Å². The van der Waals surface area contributed by atoms with E-state index in [1.807, 2.05) is 0 Å². The zero-order chi connectivity index (χ0) is 4.99. The van der Waals surface area contributed by atoms with E-state index in [4.69, 9.17) is 15.3 Å². The van der Waals surface area contributed by atoms with Crippen LogP contribution in [0.5, 0.6) is 0 Å². The van der Waals surface area contributed by atoms with Crippen molar-refractivity contribution in [3.8, 4) is 0 Å². The second-order valence-corrected chi connectivity index (χ2v) is 1.02. The molecule has 0 aliphatic heterocycles. The Morgan fingerprint density at radius 3 is 1.22 bits per heavy atom. The first-order chi connectivity index (χ1) is 2.81. The van der Waals surface area contributed by atoms with Gasteiger partial charge < -0.3 is 24.7 Å². The number of aliphatic hydroxyl groups is 3. The minimum Gasteiger partial charge on any atom is -1.00 e. The van der Waals surface area contributed by atoms with Crippen LogP contribution in [0.4, 0.5) is 0 Å². The summed E-state index contributed by atoms with van der Waals surface area (Å²) in [5.41, 5.74) is 0. The number of rotatable bonds is 2. The monoisotopic (exact) mass is 250 g/mol. The normalized spacial score (nSPS) is 6.67. The zero-order valence-electron chi connectivity index (χ0n) is 4.59. The predicted molar refractivity (Wildman–Crippen MR) is 25.9 cm³/mol. The molecule has 3 nitrogen and oxygen atoms in total. The van der Waals surface area contributed by atoms with Gasteiger partial charge in [-0.1, -0.05) is 0 Å². The molecule has 9 heavy (non-hydrogen) atoms. The van der Waals surface area contributed by atoms with Gasteiger partial charge in [-0.2, -0.15) is 0 Å². The van der Waals surface area contributed by atoms with Crippen LogP contribution in [0.1, 0.15) is 0 Å². The molecule has 0 aromatic heterocycles. The first-order valence-electron chi connectivity index (χ1n) is 1.71. The van der Waals surface area contributed by atoms with Crippen LogP contribution >= 0.6 is 0 Å². The number of hydrogen-bond donors (Lipinski definition) is 3. The molecule has 0 fully saturated rings. The second kappa shape index (κ2) is 15.8. The SMILES string of the molecule is OCC(O)CO.[F-].[F-].[Sn+2]. The molecular weight excluding hydrogens is 241 g/mol. The van der Waals surface area contributed by atoms with Gasteiger partial charge in [0, 0.05) is 0 Å². The smallest absolute Gasteiger partial charge is 1.00 e. The first-order valence-corrected chi connectivity index (χ1v) is 1.71. The van der Waals surface area contributed by atoms with Crippen LogP contribution in [-0.4, -0.2) is 58.5 Å². The number of hydrogen-bond acceptors (Lipinski definition) is 3. The van der Waals surface area contributed by atoms with Crippen LogP contribution in [0.2, 0.25) is 0 Å². The van der Waals surface area contributed by atoms with Crippen molar-refractivity contribution in [1.29, 1.82) is 0 Å². The minimum absolute atomic E-state index is 0. The number of halogens is 2. The van der Waals surface area contributed by atoms with E-state index in [-0.39, 0.29) is 46.5 Å². The van der Waals surface area contributed by atoms with Crippen LogP contribution in [0.25, 0.3) is 0 Å². The van der Waals surface area contributed by atoms with Crippen molar-refractivity contribution < 1.29 is 24.7 Å². The minimum atomic E-state index is -0.954. The molecule has 0 amide bonds. The van der Waals surface area contributed by atoms with Gasteiger partial charge in [-0.25, -0.2) is 0 Å². The Kier molecular flexibility index (Phi) is 39.8. The van der Waals surface area contributed by atoms with Crippen molar-refractivity contribution >= 4 is 23.9 Å². The molecule has 0 spiro atoms. The van der Waals surface area contributed by atoms with Gasteiger partial charge in [-0.15, -0.1) is 0 Å². The molecule has 0 aromatic carbocycles. The van der Waals surface area contributed by atoms with Crippen LogP contribution in [0, 0.1) is 0 Å². The molecular formula is C3H8F2O3Sn. The van der Waals surface area contributed by atoms with Gasteiger partial charge in [-0.3, -0.25) is 0 Å². The van der Waals surface area contributed by atoms with E-state index in [0.29, 0.717) is 0 Å². The fourth-order valence-corrected chi connectivity index (χ4v) is 0.0577. The van der Waals surface area contributed by atoms with E-state index in [9.17, 15) is 0 Å². The van der Waals surface area contributed by atoms with Crippen LogP contribution < -0.4 is 9.41 Å². The van der Waals surface area contributed by atoms with E-state index in [1.54, 1.807) is 0 Å². The van der Waals surface area contributed by atoms with E-state index >= 15 is 0 Å². The molecule has 0 aromatic rings. The Hall–Kier alpha value is 0.539. The van der Waals surface area contributed by atoms with Gasteiger partial charge in [0.25, 0.3) is 0 Å². The number of aliphatic hydroxyl groups excluding tert-OH is 3. The third kappa shape index (κ3) is 17.7. The maximum absolute atomic E-state index is 8.17. The largest absolute Gasteiger partial charge is 2.00 e. The quantitative estimate of drug-likeness (QED) is 0.426. The molecule has 0 bridgehead atoms. The standard InChI is InChI=1S/C3H8O3.2FH.Sn/c4-1-3(6)2-5;;;/h3-6H,1-2H2;2*1H;/q;;;+2/p-2. The predicted octanol–water partition coefficient (Wildman–Crippen LogP) is -8.04. The Morgan fingerprint density at radius 2 is 1.22 bits per heavy atom. The maximum Gasteiger partial charge on any atom is 2.00 e. The molecule has 0 saturated heterocycles. The van der Waals surface area contributed by atoms with Gasteiger partial charge in [0.05, 0.1) is 13.2 Å². The summed E-state index contributed by atoms with van der Waals surface area (Å²) < 4.78 is 0. The van der Waals surface area contributed by atoms with Crippen LogP contribution in [0.3, 0.4) is 0 Å². The van der Waals surface area contributed by atoms with Crippen molar-refractivity contribution in [2.24, 2.45) is 0 Å². The molecule has 2 radical (unpaired) electrons. The summed E-state index contributed by atoms with van der Waals surface area (Å²) in [6.45, 7) is -0.729. The van der Waals surface area contributed by atoms with Crippen molar-refractivity contribution in [3.63, 3.8) is 0 Å². The summed E-state index contributed by atoms with van der Waals surface area (Å²) in [5, 5.41) is 24.0. The molecule has 3 N–H and O–H groups in total. The molecule has 0 aliphatic rings. The van der Waals surface area contributed by atoms with Gasteiger partial charge in [0.1, 0.15) is 6.10 Å². The Bertz CT molecular complexity index is 36.2. The summed E-state index contributed by atoms with van der Waals surface area (Å²) >= 11 is 0. The second-order valence-electron chi connectivity index (χ2n) is 1.02. The fourth-order valence-electron chi connectivity index (χ4n) is 0.0577. The summed E-state index contributed by atoms with van der Waals surface area (Å²) in [5.74, 6) is 0. The average Bonchev–Trinajstić information content (AvgIpc) is 1.65. The molecule has 0 rings (SSSR count). The summed E-state index contributed by atoms with van der Waals surface area (Å²) in [7, 11) is 0.